The molecule has 2 atom stereocenters. The second-order valence-corrected chi connectivity index (χ2v) is 7.34. The van der Waals surface area contributed by atoms with Crippen LogP contribution in [0.25, 0.3) is 0 Å². The number of hydrogen-bond donors (Lipinski definition) is 2. The third kappa shape index (κ3) is 2.98. The molecule has 0 saturated carbocycles. The average Bonchev–Trinajstić information content (AvgIpc) is 2.57. The predicted octanol–water partition coefficient (Wildman–Crippen LogP) is 2.19. The van der Waals surface area contributed by atoms with Gasteiger partial charge in [-0.3, -0.25) is 9.59 Å². The maximum absolute atomic E-state index is 13.0. The summed E-state index contributed by atoms with van der Waals surface area (Å²) in [4.78, 5) is 24.4. The number of aliphatic hydroxyl groups is 1. The fourth-order valence-corrected chi connectivity index (χ4v) is 3.35. The van der Waals surface area contributed by atoms with Crippen LogP contribution in [0.1, 0.15) is 44.9 Å². The first-order valence-electron chi connectivity index (χ1n) is 8.52. The van der Waals surface area contributed by atoms with E-state index in [1.54, 1.807) is 51.2 Å². The molecule has 1 aromatic carbocycles. The molecular formula is C20H21N3O4. The second-order valence-electron chi connectivity index (χ2n) is 7.34. The first kappa shape index (κ1) is 18.7. The van der Waals surface area contributed by atoms with Crippen molar-refractivity contribution in [2.24, 2.45) is 0 Å². The van der Waals surface area contributed by atoms with E-state index in [-0.39, 0.29) is 11.6 Å². The first-order valence-corrected chi connectivity index (χ1v) is 8.52. The zero-order valence-corrected chi connectivity index (χ0v) is 15.6. The van der Waals surface area contributed by atoms with Crippen molar-refractivity contribution in [3.63, 3.8) is 0 Å². The summed E-state index contributed by atoms with van der Waals surface area (Å²) < 4.78 is 7.35. The van der Waals surface area contributed by atoms with Crippen molar-refractivity contribution >= 4 is 11.6 Å². The lowest BCUT2D eigenvalue weighted by Gasteiger charge is -2.50. The number of carbonyl (C=O) groups excluding carboxylic acids is 1. The Kier molecular flexibility index (Phi) is 4.32. The molecule has 2 N–H and O–H groups in total. The highest BCUT2D eigenvalue weighted by atomic mass is 16.5. The lowest BCUT2D eigenvalue weighted by Crippen LogP contribution is -2.60. The minimum Gasteiger partial charge on any atom is -0.484 e. The number of ether oxygens (including phenoxy) is 1. The Labute approximate surface area is 156 Å². The lowest BCUT2D eigenvalue weighted by atomic mass is 9.75. The van der Waals surface area contributed by atoms with Crippen molar-refractivity contribution in [1.29, 1.82) is 5.26 Å². The van der Waals surface area contributed by atoms with Crippen LogP contribution in [-0.4, -0.2) is 26.8 Å². The molecule has 1 aromatic heterocycles. The van der Waals surface area contributed by atoms with Gasteiger partial charge >= 0.3 is 0 Å². The van der Waals surface area contributed by atoms with E-state index in [4.69, 9.17) is 4.74 Å². The fourth-order valence-electron chi connectivity index (χ4n) is 3.35. The van der Waals surface area contributed by atoms with Crippen LogP contribution in [0, 0.1) is 11.3 Å². The largest absolute Gasteiger partial charge is 0.484 e. The summed E-state index contributed by atoms with van der Waals surface area (Å²) in [6.45, 7) is 6.39. The number of carbonyl (C=O) groups is 1. The Hall–Kier alpha value is -3.11. The van der Waals surface area contributed by atoms with Crippen LogP contribution >= 0.6 is 0 Å². The molecule has 2 unspecified atom stereocenters. The normalized spacial score (nSPS) is 22.9. The summed E-state index contributed by atoms with van der Waals surface area (Å²) in [5.41, 5.74) is -1.91. The summed E-state index contributed by atoms with van der Waals surface area (Å²) in [6.07, 6.45) is 1.55. The number of rotatable bonds is 2. The molecule has 0 spiro atoms. The zero-order chi connectivity index (χ0) is 20.0. The number of pyridine rings is 1. The van der Waals surface area contributed by atoms with Gasteiger partial charge in [-0.2, -0.15) is 5.26 Å². The van der Waals surface area contributed by atoms with Gasteiger partial charge in [0.1, 0.15) is 22.6 Å². The Morgan fingerprint density at radius 3 is 2.67 bits per heavy atom. The van der Waals surface area contributed by atoms with Gasteiger partial charge in [-0.05, 0) is 51.1 Å². The zero-order valence-electron chi connectivity index (χ0n) is 15.6. The summed E-state index contributed by atoms with van der Waals surface area (Å²) in [7, 11) is 0. The Morgan fingerprint density at radius 2 is 2.04 bits per heavy atom. The number of nitriles is 1. The quantitative estimate of drug-likeness (QED) is 0.847. The molecular weight excluding hydrogens is 346 g/mol. The van der Waals surface area contributed by atoms with Gasteiger partial charge < -0.3 is 19.7 Å². The van der Waals surface area contributed by atoms with Gasteiger partial charge in [0.15, 0.2) is 0 Å². The highest BCUT2D eigenvalue weighted by Gasteiger charge is 2.53. The second kappa shape index (κ2) is 6.25. The number of benzene rings is 1. The molecule has 3 rings (SSSR count). The van der Waals surface area contributed by atoms with Gasteiger partial charge in [-0.1, -0.05) is 0 Å². The van der Waals surface area contributed by atoms with Crippen molar-refractivity contribution in [2.75, 3.05) is 5.32 Å². The summed E-state index contributed by atoms with van der Waals surface area (Å²) in [5.74, 6) is 0.128. The first-order chi connectivity index (χ1) is 12.6. The Morgan fingerprint density at radius 1 is 1.33 bits per heavy atom. The standard InChI is InChI=1S/C20H21N3O4/c1-12(24)22-15-6-5-9-23(18(15)25)17-14-10-13(11-21)7-8-16(14)27-19(2,3)20(17,4)26/h5-10,17,26H,1-4H3,(H,22,24). The van der Waals surface area contributed by atoms with Gasteiger partial charge in [0, 0.05) is 18.7 Å². The van der Waals surface area contributed by atoms with Crippen LogP contribution in [-0.2, 0) is 4.79 Å². The fraction of sp³-hybridized carbons (Fsp3) is 0.350. The van der Waals surface area contributed by atoms with Crippen LogP contribution < -0.4 is 15.6 Å². The highest BCUT2D eigenvalue weighted by molar-refractivity contribution is 5.88. The van der Waals surface area contributed by atoms with Crippen LogP contribution in [0.2, 0.25) is 0 Å². The minimum absolute atomic E-state index is 0.114. The number of anilines is 1. The predicted molar refractivity (Wildman–Crippen MR) is 99.6 cm³/mol. The van der Waals surface area contributed by atoms with Crippen molar-refractivity contribution < 1.29 is 14.6 Å². The number of fused-ring (bicyclic) bond motifs is 1. The van der Waals surface area contributed by atoms with Crippen LogP contribution in [0.3, 0.4) is 0 Å². The van der Waals surface area contributed by atoms with E-state index >= 15 is 0 Å². The molecule has 0 radical (unpaired) electrons. The number of aromatic nitrogens is 1. The van der Waals surface area contributed by atoms with E-state index in [1.807, 2.05) is 0 Å². The smallest absolute Gasteiger partial charge is 0.274 e. The minimum atomic E-state index is -1.48. The third-order valence-electron chi connectivity index (χ3n) is 5.11. The molecule has 7 heteroatoms. The van der Waals surface area contributed by atoms with Crippen LogP contribution in [0.5, 0.6) is 5.75 Å². The van der Waals surface area contributed by atoms with Crippen molar-refractivity contribution in [1.82, 2.24) is 4.57 Å². The molecule has 0 saturated heterocycles. The topological polar surface area (TPSA) is 104 Å². The van der Waals surface area contributed by atoms with Gasteiger partial charge in [0.2, 0.25) is 5.91 Å². The van der Waals surface area contributed by atoms with E-state index in [0.29, 0.717) is 16.9 Å². The maximum Gasteiger partial charge on any atom is 0.274 e. The molecule has 2 heterocycles. The maximum atomic E-state index is 13.0. The van der Waals surface area contributed by atoms with Gasteiger partial charge in [-0.25, -0.2) is 0 Å². The van der Waals surface area contributed by atoms with Crippen molar-refractivity contribution in [2.45, 2.75) is 44.9 Å². The van der Waals surface area contributed by atoms with E-state index < -0.39 is 22.8 Å². The molecule has 7 nitrogen and oxygen atoms in total. The van der Waals surface area contributed by atoms with Crippen molar-refractivity contribution in [3.8, 4) is 11.8 Å². The van der Waals surface area contributed by atoms with E-state index in [2.05, 4.69) is 11.4 Å². The molecule has 1 aliphatic heterocycles. The Balaban J connectivity index is 2.29. The molecule has 0 fully saturated rings. The van der Waals surface area contributed by atoms with E-state index in [1.165, 1.54) is 17.6 Å². The molecule has 27 heavy (non-hydrogen) atoms. The highest BCUT2D eigenvalue weighted by Crippen LogP contribution is 2.47. The number of nitrogens with zero attached hydrogens (tertiary/aromatic N) is 2. The third-order valence-corrected chi connectivity index (χ3v) is 5.11. The summed E-state index contributed by atoms with van der Waals surface area (Å²) >= 11 is 0. The van der Waals surface area contributed by atoms with Gasteiger partial charge in [0.05, 0.1) is 17.7 Å². The van der Waals surface area contributed by atoms with Gasteiger partial charge in [-0.15, -0.1) is 0 Å². The summed E-state index contributed by atoms with van der Waals surface area (Å²) in [5, 5.41) is 23.1. The SMILES string of the molecule is CC(=O)Nc1cccn(C2c3cc(C#N)ccc3OC(C)(C)C2(C)O)c1=O. The number of nitrogens with one attached hydrogen (secondary N) is 1. The van der Waals surface area contributed by atoms with E-state index in [0.717, 1.165) is 0 Å². The molecule has 140 valence electrons. The van der Waals surface area contributed by atoms with Crippen LogP contribution in [0.15, 0.2) is 41.3 Å². The van der Waals surface area contributed by atoms with Crippen molar-refractivity contribution in [3.05, 3.63) is 58.0 Å². The molecule has 0 bridgehead atoms. The molecule has 1 aliphatic rings. The average molecular weight is 367 g/mol. The number of amides is 1. The van der Waals surface area contributed by atoms with Crippen LogP contribution in [0.4, 0.5) is 5.69 Å². The Bertz CT molecular complexity index is 1010. The molecule has 0 aliphatic carbocycles. The molecule has 1 amide bonds. The summed E-state index contributed by atoms with van der Waals surface area (Å²) in [6, 6.07) is 9.29. The van der Waals surface area contributed by atoms with Gasteiger partial charge in [0.25, 0.3) is 5.56 Å². The lowest BCUT2D eigenvalue weighted by molar-refractivity contribution is -0.139. The van der Waals surface area contributed by atoms with E-state index in [9.17, 15) is 20.0 Å². The molecule has 2 aromatic rings. The number of hydrogen-bond acceptors (Lipinski definition) is 5. The monoisotopic (exact) mass is 367 g/mol.